The van der Waals surface area contributed by atoms with Crippen LogP contribution in [0.4, 0.5) is 0 Å². The van der Waals surface area contributed by atoms with Crippen LogP contribution in [0, 0.1) is 6.92 Å². The van der Waals surface area contributed by atoms with Crippen molar-refractivity contribution in [3.63, 3.8) is 0 Å². The molecule has 0 radical (unpaired) electrons. The van der Waals surface area contributed by atoms with Gasteiger partial charge in [0.05, 0.1) is 12.1 Å². The van der Waals surface area contributed by atoms with Gasteiger partial charge in [-0.3, -0.25) is 0 Å². The van der Waals surface area contributed by atoms with Gasteiger partial charge in [0.25, 0.3) is 0 Å². The number of benzene rings is 2. The number of carboxylic acid groups (broad SMARTS) is 1. The first-order chi connectivity index (χ1) is 9.04. The fourth-order valence-electron chi connectivity index (χ4n) is 1.96. The maximum Gasteiger partial charge on any atom is 0.339 e. The number of ether oxygens (including phenoxy) is 1. The highest BCUT2D eigenvalue weighted by atomic mass is 35.5. The Morgan fingerprint density at radius 2 is 2.00 bits per heavy atom. The third kappa shape index (κ3) is 2.56. The minimum Gasteiger partial charge on any atom is -0.494 e. The molecule has 0 saturated carbocycles. The second-order valence-electron chi connectivity index (χ2n) is 4.18. The van der Waals surface area contributed by atoms with Crippen molar-refractivity contribution in [2.24, 2.45) is 0 Å². The summed E-state index contributed by atoms with van der Waals surface area (Å²) in [6.45, 7) is 1.99. The van der Waals surface area contributed by atoms with E-state index in [1.807, 2.05) is 31.2 Å². The van der Waals surface area contributed by atoms with Crippen LogP contribution in [0.15, 0.2) is 36.4 Å². The van der Waals surface area contributed by atoms with Crippen molar-refractivity contribution in [1.82, 2.24) is 0 Å². The summed E-state index contributed by atoms with van der Waals surface area (Å²) < 4.78 is 5.12. The summed E-state index contributed by atoms with van der Waals surface area (Å²) in [6, 6.07) is 11.0. The summed E-state index contributed by atoms with van der Waals surface area (Å²) in [7, 11) is 1.41. The maximum atomic E-state index is 11.1. The van der Waals surface area contributed by atoms with Crippen LogP contribution in [0.5, 0.6) is 5.75 Å². The van der Waals surface area contributed by atoms with E-state index in [0.29, 0.717) is 5.02 Å². The zero-order valence-electron chi connectivity index (χ0n) is 10.6. The molecule has 0 aliphatic rings. The first-order valence-corrected chi connectivity index (χ1v) is 6.09. The molecule has 0 fully saturated rings. The Balaban J connectivity index is 2.64. The lowest BCUT2D eigenvalue weighted by atomic mass is 10.0. The molecule has 2 aromatic carbocycles. The molecule has 2 rings (SSSR count). The Kier molecular flexibility index (Phi) is 3.76. The van der Waals surface area contributed by atoms with Crippen LogP contribution in [0.25, 0.3) is 11.1 Å². The Morgan fingerprint density at radius 1 is 1.26 bits per heavy atom. The third-order valence-electron chi connectivity index (χ3n) is 2.86. The molecule has 0 saturated heterocycles. The first kappa shape index (κ1) is 13.4. The standard InChI is InChI=1S/C15H13ClO3/c1-9-4-3-5-10(8-9)11-6-7-12(15(17)18)14(19-2)13(11)16/h3-8H,1-2H3,(H,17,18). The van der Waals surface area contributed by atoms with Crippen molar-refractivity contribution >= 4 is 17.6 Å². The molecule has 0 heterocycles. The average Bonchev–Trinajstić information content (AvgIpc) is 2.38. The van der Waals surface area contributed by atoms with E-state index < -0.39 is 5.97 Å². The predicted octanol–water partition coefficient (Wildman–Crippen LogP) is 4.02. The van der Waals surface area contributed by atoms with Gasteiger partial charge in [-0.05, 0) is 18.6 Å². The topological polar surface area (TPSA) is 46.5 Å². The number of hydrogen-bond donors (Lipinski definition) is 1. The highest BCUT2D eigenvalue weighted by Crippen LogP contribution is 2.38. The van der Waals surface area contributed by atoms with Crippen LogP contribution < -0.4 is 4.74 Å². The Morgan fingerprint density at radius 3 is 2.58 bits per heavy atom. The van der Waals surface area contributed by atoms with Crippen molar-refractivity contribution in [2.75, 3.05) is 7.11 Å². The van der Waals surface area contributed by atoms with E-state index in [2.05, 4.69) is 0 Å². The number of hydrogen-bond acceptors (Lipinski definition) is 2. The number of carboxylic acids is 1. The fraction of sp³-hybridized carbons (Fsp3) is 0.133. The number of halogens is 1. The number of methoxy groups -OCH3 is 1. The van der Waals surface area contributed by atoms with Crippen LogP contribution in [-0.4, -0.2) is 18.2 Å². The van der Waals surface area contributed by atoms with Gasteiger partial charge in [-0.2, -0.15) is 0 Å². The molecule has 1 N–H and O–H groups in total. The van der Waals surface area contributed by atoms with E-state index in [9.17, 15) is 4.79 Å². The van der Waals surface area contributed by atoms with Gasteiger partial charge in [0, 0.05) is 5.56 Å². The van der Waals surface area contributed by atoms with E-state index in [4.69, 9.17) is 21.4 Å². The molecule has 98 valence electrons. The van der Waals surface area contributed by atoms with Gasteiger partial charge in [0.1, 0.15) is 5.56 Å². The maximum absolute atomic E-state index is 11.1. The summed E-state index contributed by atoms with van der Waals surface area (Å²) >= 11 is 6.26. The van der Waals surface area contributed by atoms with Gasteiger partial charge < -0.3 is 9.84 Å². The number of aromatic carboxylic acids is 1. The lowest BCUT2D eigenvalue weighted by molar-refractivity contribution is 0.0693. The van der Waals surface area contributed by atoms with Crippen LogP contribution >= 0.6 is 11.6 Å². The quantitative estimate of drug-likeness (QED) is 0.921. The molecular formula is C15H13ClO3. The highest BCUT2D eigenvalue weighted by molar-refractivity contribution is 6.35. The molecule has 0 atom stereocenters. The molecule has 0 spiro atoms. The van der Waals surface area contributed by atoms with Crippen molar-refractivity contribution in [2.45, 2.75) is 6.92 Å². The molecule has 0 amide bonds. The molecule has 0 aromatic heterocycles. The molecule has 3 nitrogen and oxygen atoms in total. The first-order valence-electron chi connectivity index (χ1n) is 5.71. The number of rotatable bonds is 3. The predicted molar refractivity (Wildman–Crippen MR) is 75.1 cm³/mol. The normalized spacial score (nSPS) is 10.3. The van der Waals surface area contributed by atoms with Crippen molar-refractivity contribution < 1.29 is 14.6 Å². The highest BCUT2D eigenvalue weighted by Gasteiger charge is 2.18. The van der Waals surface area contributed by atoms with Crippen molar-refractivity contribution in [3.8, 4) is 16.9 Å². The molecule has 2 aromatic rings. The van der Waals surface area contributed by atoms with Crippen LogP contribution in [0.2, 0.25) is 5.02 Å². The molecule has 0 unspecified atom stereocenters. The second kappa shape index (κ2) is 5.33. The smallest absolute Gasteiger partial charge is 0.339 e. The lowest BCUT2D eigenvalue weighted by Crippen LogP contribution is -2.01. The van der Waals surface area contributed by atoms with Crippen molar-refractivity contribution in [3.05, 3.63) is 52.5 Å². The molecule has 0 aliphatic heterocycles. The fourth-order valence-corrected chi connectivity index (χ4v) is 2.31. The van der Waals surface area contributed by atoms with Gasteiger partial charge in [-0.25, -0.2) is 4.79 Å². The van der Waals surface area contributed by atoms with Crippen LogP contribution in [-0.2, 0) is 0 Å². The average molecular weight is 277 g/mol. The zero-order valence-corrected chi connectivity index (χ0v) is 11.4. The van der Waals surface area contributed by atoms with Gasteiger partial charge >= 0.3 is 5.97 Å². The van der Waals surface area contributed by atoms with E-state index in [0.717, 1.165) is 16.7 Å². The van der Waals surface area contributed by atoms with E-state index in [1.54, 1.807) is 6.07 Å². The van der Waals surface area contributed by atoms with Crippen molar-refractivity contribution in [1.29, 1.82) is 0 Å². The zero-order chi connectivity index (χ0) is 14.0. The monoisotopic (exact) mass is 276 g/mol. The Hall–Kier alpha value is -2.00. The minimum atomic E-state index is -1.06. The largest absolute Gasteiger partial charge is 0.494 e. The lowest BCUT2D eigenvalue weighted by Gasteiger charge is -2.12. The number of carbonyl (C=O) groups is 1. The van der Waals surface area contributed by atoms with E-state index >= 15 is 0 Å². The van der Waals surface area contributed by atoms with Crippen LogP contribution in [0.3, 0.4) is 0 Å². The summed E-state index contributed by atoms with van der Waals surface area (Å²) in [5.74, 6) is -0.872. The molecule has 4 heteroatoms. The van der Waals surface area contributed by atoms with E-state index in [-0.39, 0.29) is 11.3 Å². The van der Waals surface area contributed by atoms with Gasteiger partial charge in [-0.1, -0.05) is 47.5 Å². The Bertz CT molecular complexity index is 635. The minimum absolute atomic E-state index is 0.0592. The number of aryl methyl sites for hydroxylation is 1. The summed E-state index contributed by atoms with van der Waals surface area (Å²) in [6.07, 6.45) is 0. The summed E-state index contributed by atoms with van der Waals surface area (Å²) in [5.41, 5.74) is 2.85. The second-order valence-corrected chi connectivity index (χ2v) is 4.56. The molecule has 0 bridgehead atoms. The Labute approximate surface area is 116 Å². The molecule has 0 aliphatic carbocycles. The molecular weight excluding hydrogens is 264 g/mol. The summed E-state index contributed by atoms with van der Waals surface area (Å²) in [4.78, 5) is 11.1. The third-order valence-corrected chi connectivity index (χ3v) is 3.24. The van der Waals surface area contributed by atoms with Gasteiger partial charge in [-0.15, -0.1) is 0 Å². The summed E-state index contributed by atoms with van der Waals surface area (Å²) in [5, 5.41) is 9.40. The van der Waals surface area contributed by atoms with Gasteiger partial charge in [0.15, 0.2) is 5.75 Å². The molecule has 19 heavy (non-hydrogen) atoms. The van der Waals surface area contributed by atoms with Crippen LogP contribution in [0.1, 0.15) is 15.9 Å². The van der Waals surface area contributed by atoms with Gasteiger partial charge in [0.2, 0.25) is 0 Å². The SMILES string of the molecule is COc1c(C(=O)O)ccc(-c2cccc(C)c2)c1Cl. The van der Waals surface area contributed by atoms with E-state index in [1.165, 1.54) is 13.2 Å².